The molecule has 0 unspecified atom stereocenters. The molecule has 6 heteroatoms. The predicted octanol–water partition coefficient (Wildman–Crippen LogP) is 2.13. The first-order valence-electron chi connectivity index (χ1n) is 7.51. The number of aryl methyl sites for hydroxylation is 1. The van der Waals surface area contributed by atoms with E-state index in [-0.39, 0.29) is 11.7 Å². The molecule has 1 atom stereocenters. The smallest absolute Gasteiger partial charge is 0.225 e. The Morgan fingerprint density at radius 3 is 3.14 bits per heavy atom. The average Bonchev–Trinajstić information content (AvgIpc) is 3.16. The monoisotopic (exact) mass is 302 g/mol. The summed E-state index contributed by atoms with van der Waals surface area (Å²) in [7, 11) is 0. The number of carbonyl (C=O) groups is 1. The SMILES string of the molecule is O=C(CCc1cccc(F)c1)Nc1ccn([C@H]2CCNC2)n1. The Morgan fingerprint density at radius 1 is 1.45 bits per heavy atom. The molecule has 2 aromatic rings. The standard InChI is InChI=1S/C16H19FN4O/c17-13-3-1-2-12(10-13)4-5-16(22)19-15-7-9-21(20-15)14-6-8-18-11-14/h1-3,7,9-10,14,18H,4-6,8,11H2,(H,19,20,22)/t14-/m0/s1. The average molecular weight is 302 g/mol. The number of aromatic nitrogens is 2. The fourth-order valence-electron chi connectivity index (χ4n) is 2.63. The second kappa shape index (κ2) is 6.70. The first-order valence-corrected chi connectivity index (χ1v) is 7.51. The van der Waals surface area contributed by atoms with Gasteiger partial charge >= 0.3 is 0 Å². The van der Waals surface area contributed by atoms with Crippen LogP contribution < -0.4 is 10.6 Å². The second-order valence-electron chi connectivity index (χ2n) is 5.51. The van der Waals surface area contributed by atoms with E-state index in [4.69, 9.17) is 0 Å². The number of hydrogen-bond acceptors (Lipinski definition) is 3. The first kappa shape index (κ1) is 14.7. The van der Waals surface area contributed by atoms with Crippen LogP contribution in [0.1, 0.15) is 24.4 Å². The van der Waals surface area contributed by atoms with Gasteiger partial charge in [0, 0.05) is 25.2 Å². The van der Waals surface area contributed by atoms with Crippen LogP contribution in [0.3, 0.4) is 0 Å². The molecule has 1 aliphatic rings. The normalized spacial score (nSPS) is 17.6. The van der Waals surface area contributed by atoms with Crippen LogP contribution in [-0.2, 0) is 11.2 Å². The van der Waals surface area contributed by atoms with Crippen molar-refractivity contribution in [3.8, 4) is 0 Å². The van der Waals surface area contributed by atoms with Gasteiger partial charge in [0.1, 0.15) is 5.82 Å². The van der Waals surface area contributed by atoms with E-state index in [1.165, 1.54) is 12.1 Å². The van der Waals surface area contributed by atoms with Crippen molar-refractivity contribution in [3.05, 3.63) is 47.9 Å². The lowest BCUT2D eigenvalue weighted by Gasteiger charge is -2.08. The number of carbonyl (C=O) groups excluding carboxylic acids is 1. The fraction of sp³-hybridized carbons (Fsp3) is 0.375. The Morgan fingerprint density at radius 2 is 2.36 bits per heavy atom. The Bertz CT molecular complexity index is 649. The van der Waals surface area contributed by atoms with E-state index in [1.54, 1.807) is 12.1 Å². The van der Waals surface area contributed by atoms with Crippen molar-refractivity contribution in [2.45, 2.75) is 25.3 Å². The van der Waals surface area contributed by atoms with Gasteiger partial charge in [0.05, 0.1) is 6.04 Å². The van der Waals surface area contributed by atoms with E-state index < -0.39 is 0 Å². The second-order valence-corrected chi connectivity index (χ2v) is 5.51. The molecule has 22 heavy (non-hydrogen) atoms. The topological polar surface area (TPSA) is 59.0 Å². The number of anilines is 1. The maximum absolute atomic E-state index is 13.1. The lowest BCUT2D eigenvalue weighted by molar-refractivity contribution is -0.116. The molecule has 116 valence electrons. The molecule has 1 saturated heterocycles. The molecule has 3 rings (SSSR count). The van der Waals surface area contributed by atoms with Crippen molar-refractivity contribution < 1.29 is 9.18 Å². The zero-order valence-corrected chi connectivity index (χ0v) is 12.3. The Labute approximate surface area is 128 Å². The minimum atomic E-state index is -0.276. The Kier molecular flexibility index (Phi) is 4.48. The van der Waals surface area contributed by atoms with Crippen LogP contribution in [0.25, 0.3) is 0 Å². The Balaban J connectivity index is 1.51. The minimum Gasteiger partial charge on any atom is -0.315 e. The van der Waals surface area contributed by atoms with Gasteiger partial charge in [0.15, 0.2) is 5.82 Å². The van der Waals surface area contributed by atoms with Crippen LogP contribution in [0.2, 0.25) is 0 Å². The van der Waals surface area contributed by atoms with E-state index >= 15 is 0 Å². The van der Waals surface area contributed by atoms with E-state index in [1.807, 2.05) is 16.9 Å². The van der Waals surface area contributed by atoms with E-state index in [9.17, 15) is 9.18 Å². The summed E-state index contributed by atoms with van der Waals surface area (Å²) >= 11 is 0. The van der Waals surface area contributed by atoms with Crippen LogP contribution in [0.4, 0.5) is 10.2 Å². The quantitative estimate of drug-likeness (QED) is 0.889. The molecule has 0 spiro atoms. The number of benzene rings is 1. The van der Waals surface area contributed by atoms with E-state index in [0.717, 1.165) is 25.1 Å². The van der Waals surface area contributed by atoms with Crippen molar-refractivity contribution in [3.63, 3.8) is 0 Å². The van der Waals surface area contributed by atoms with Crippen LogP contribution >= 0.6 is 0 Å². The van der Waals surface area contributed by atoms with Crippen LogP contribution in [-0.4, -0.2) is 28.8 Å². The highest BCUT2D eigenvalue weighted by atomic mass is 19.1. The highest BCUT2D eigenvalue weighted by Gasteiger charge is 2.17. The highest BCUT2D eigenvalue weighted by Crippen LogP contribution is 2.16. The summed E-state index contributed by atoms with van der Waals surface area (Å²) in [6.45, 7) is 1.91. The number of halogens is 1. The number of amides is 1. The summed E-state index contributed by atoms with van der Waals surface area (Å²) in [6, 6.07) is 8.48. The highest BCUT2D eigenvalue weighted by molar-refractivity contribution is 5.89. The molecule has 0 radical (unpaired) electrons. The zero-order chi connectivity index (χ0) is 15.4. The van der Waals surface area contributed by atoms with Gasteiger partial charge in [-0.25, -0.2) is 4.39 Å². The third-order valence-electron chi connectivity index (χ3n) is 3.81. The fourth-order valence-corrected chi connectivity index (χ4v) is 2.63. The number of rotatable bonds is 5. The molecular formula is C16H19FN4O. The molecule has 2 heterocycles. The zero-order valence-electron chi connectivity index (χ0n) is 12.3. The lowest BCUT2D eigenvalue weighted by atomic mass is 10.1. The van der Waals surface area contributed by atoms with Crippen LogP contribution in [0.15, 0.2) is 36.5 Å². The molecule has 1 aliphatic heterocycles. The maximum Gasteiger partial charge on any atom is 0.225 e. The van der Waals surface area contributed by atoms with Gasteiger partial charge in [-0.15, -0.1) is 0 Å². The molecule has 1 aromatic carbocycles. The van der Waals surface area contributed by atoms with Gasteiger partial charge in [0.2, 0.25) is 5.91 Å². The summed E-state index contributed by atoms with van der Waals surface area (Å²) in [5.74, 6) is 0.178. The minimum absolute atomic E-state index is 0.112. The maximum atomic E-state index is 13.1. The van der Waals surface area contributed by atoms with E-state index in [0.29, 0.717) is 24.7 Å². The van der Waals surface area contributed by atoms with Crippen molar-refractivity contribution >= 4 is 11.7 Å². The predicted molar refractivity (Wildman–Crippen MR) is 82.1 cm³/mol. The Hall–Kier alpha value is -2.21. The summed E-state index contributed by atoms with van der Waals surface area (Å²) in [4.78, 5) is 11.9. The third kappa shape index (κ3) is 3.71. The van der Waals surface area contributed by atoms with E-state index in [2.05, 4.69) is 15.7 Å². The van der Waals surface area contributed by atoms with Crippen molar-refractivity contribution in [2.24, 2.45) is 0 Å². The van der Waals surface area contributed by atoms with Crippen molar-refractivity contribution in [1.29, 1.82) is 0 Å². The third-order valence-corrected chi connectivity index (χ3v) is 3.81. The van der Waals surface area contributed by atoms with Crippen LogP contribution in [0, 0.1) is 5.82 Å². The molecule has 0 saturated carbocycles. The molecule has 2 N–H and O–H groups in total. The molecule has 1 aromatic heterocycles. The summed E-state index contributed by atoms with van der Waals surface area (Å²) in [5, 5.41) is 10.5. The first-order chi connectivity index (χ1) is 10.7. The van der Waals surface area contributed by atoms with Gasteiger partial charge < -0.3 is 10.6 Å². The van der Waals surface area contributed by atoms with Gasteiger partial charge in [0.25, 0.3) is 0 Å². The number of hydrogen-bond donors (Lipinski definition) is 2. The summed E-state index contributed by atoms with van der Waals surface area (Å²) < 4.78 is 15.0. The molecular weight excluding hydrogens is 283 g/mol. The molecule has 1 fully saturated rings. The summed E-state index contributed by atoms with van der Waals surface area (Å²) in [5.41, 5.74) is 0.817. The number of nitrogens with zero attached hydrogens (tertiary/aromatic N) is 2. The van der Waals surface area contributed by atoms with Gasteiger partial charge in [-0.3, -0.25) is 9.48 Å². The number of nitrogens with one attached hydrogen (secondary N) is 2. The molecule has 0 bridgehead atoms. The molecule has 5 nitrogen and oxygen atoms in total. The largest absolute Gasteiger partial charge is 0.315 e. The van der Waals surface area contributed by atoms with Crippen molar-refractivity contribution in [2.75, 3.05) is 18.4 Å². The summed E-state index contributed by atoms with van der Waals surface area (Å²) in [6.07, 6.45) is 3.76. The molecule has 0 aliphatic carbocycles. The lowest BCUT2D eigenvalue weighted by Crippen LogP contribution is -2.16. The van der Waals surface area contributed by atoms with Gasteiger partial charge in [-0.1, -0.05) is 12.1 Å². The van der Waals surface area contributed by atoms with Crippen molar-refractivity contribution in [1.82, 2.24) is 15.1 Å². The molecule has 1 amide bonds. The van der Waals surface area contributed by atoms with Crippen LogP contribution in [0.5, 0.6) is 0 Å². The van der Waals surface area contributed by atoms with Gasteiger partial charge in [-0.2, -0.15) is 5.10 Å². The van der Waals surface area contributed by atoms with Gasteiger partial charge in [-0.05, 0) is 37.1 Å².